The van der Waals surface area contributed by atoms with Crippen LogP contribution in [0.3, 0.4) is 0 Å². The van der Waals surface area contributed by atoms with Gasteiger partial charge in [-0.1, -0.05) is 13.0 Å². The first-order valence-electron chi connectivity index (χ1n) is 6.07. The van der Waals surface area contributed by atoms with Crippen molar-refractivity contribution in [2.24, 2.45) is 0 Å². The van der Waals surface area contributed by atoms with Crippen LogP contribution in [0.15, 0.2) is 18.2 Å². The number of hydrogen-bond donors (Lipinski definition) is 1. The quantitative estimate of drug-likeness (QED) is 0.759. The minimum atomic E-state index is -0.178. The molecule has 1 aromatic carbocycles. The van der Waals surface area contributed by atoms with Gasteiger partial charge in [-0.2, -0.15) is 0 Å². The molecule has 1 atom stereocenters. The molecule has 1 N–H and O–H groups in total. The zero-order valence-corrected chi connectivity index (χ0v) is 11.6. The van der Waals surface area contributed by atoms with Gasteiger partial charge in [0, 0.05) is 18.0 Å². The van der Waals surface area contributed by atoms with Crippen molar-refractivity contribution in [3.8, 4) is 0 Å². The molecular formula is C14H21ClFN. The molecule has 0 saturated carbocycles. The SMILES string of the molecule is CCC(C)(CCCl)NCc1cc(F)ccc1C. The first kappa shape index (κ1) is 14.5. The van der Waals surface area contributed by atoms with E-state index in [1.165, 1.54) is 6.07 Å². The fourth-order valence-corrected chi connectivity index (χ4v) is 2.15. The summed E-state index contributed by atoms with van der Waals surface area (Å²) in [6.45, 7) is 6.98. The molecule has 0 amide bonds. The van der Waals surface area contributed by atoms with E-state index in [1.807, 2.05) is 13.0 Å². The van der Waals surface area contributed by atoms with Gasteiger partial charge >= 0.3 is 0 Å². The first-order chi connectivity index (χ1) is 8.00. The Hall–Kier alpha value is -0.600. The molecule has 1 nitrogen and oxygen atoms in total. The third-order valence-electron chi connectivity index (χ3n) is 3.44. The predicted octanol–water partition coefficient (Wildman–Crippen LogP) is 4.02. The highest BCUT2D eigenvalue weighted by molar-refractivity contribution is 6.17. The summed E-state index contributed by atoms with van der Waals surface area (Å²) in [5.41, 5.74) is 2.16. The Morgan fingerprint density at radius 3 is 2.71 bits per heavy atom. The number of hydrogen-bond acceptors (Lipinski definition) is 1. The minimum absolute atomic E-state index is 0.0283. The molecular weight excluding hydrogens is 237 g/mol. The minimum Gasteiger partial charge on any atom is -0.307 e. The molecule has 0 aliphatic carbocycles. The Kier molecular flexibility index (Phi) is 5.41. The fraction of sp³-hybridized carbons (Fsp3) is 0.571. The Balaban J connectivity index is 2.68. The van der Waals surface area contributed by atoms with E-state index < -0.39 is 0 Å². The maximum Gasteiger partial charge on any atom is 0.123 e. The van der Waals surface area contributed by atoms with Gasteiger partial charge in [-0.3, -0.25) is 0 Å². The molecule has 1 unspecified atom stereocenters. The lowest BCUT2D eigenvalue weighted by Gasteiger charge is -2.29. The van der Waals surface area contributed by atoms with E-state index in [0.29, 0.717) is 12.4 Å². The molecule has 0 aliphatic heterocycles. The number of halogens is 2. The van der Waals surface area contributed by atoms with Crippen LogP contribution in [0.5, 0.6) is 0 Å². The van der Waals surface area contributed by atoms with Crippen molar-refractivity contribution in [2.45, 2.75) is 45.7 Å². The molecule has 1 rings (SSSR count). The average Bonchev–Trinajstić information content (AvgIpc) is 2.31. The Labute approximate surface area is 108 Å². The lowest BCUT2D eigenvalue weighted by atomic mass is 9.95. The Bertz CT molecular complexity index is 367. The van der Waals surface area contributed by atoms with E-state index in [0.717, 1.165) is 24.0 Å². The highest BCUT2D eigenvalue weighted by atomic mass is 35.5. The summed E-state index contributed by atoms with van der Waals surface area (Å²) >= 11 is 5.80. The fourth-order valence-electron chi connectivity index (χ4n) is 1.74. The lowest BCUT2D eigenvalue weighted by Crippen LogP contribution is -2.41. The molecule has 1 aromatic rings. The second-order valence-electron chi connectivity index (χ2n) is 4.78. The van der Waals surface area contributed by atoms with Gasteiger partial charge in [-0.05, 0) is 49.9 Å². The summed E-state index contributed by atoms with van der Waals surface area (Å²) in [5.74, 6) is 0.461. The van der Waals surface area contributed by atoms with Gasteiger partial charge in [-0.15, -0.1) is 11.6 Å². The van der Waals surface area contributed by atoms with Gasteiger partial charge in [-0.25, -0.2) is 4.39 Å². The summed E-state index contributed by atoms with van der Waals surface area (Å²) in [5, 5.41) is 3.48. The summed E-state index contributed by atoms with van der Waals surface area (Å²) in [6, 6.07) is 4.91. The van der Waals surface area contributed by atoms with Crippen molar-refractivity contribution < 1.29 is 4.39 Å². The lowest BCUT2D eigenvalue weighted by molar-refractivity contribution is 0.330. The summed E-state index contributed by atoms with van der Waals surface area (Å²) in [7, 11) is 0. The molecule has 17 heavy (non-hydrogen) atoms. The normalized spacial score (nSPS) is 14.6. The molecule has 96 valence electrons. The highest BCUT2D eigenvalue weighted by Crippen LogP contribution is 2.17. The largest absolute Gasteiger partial charge is 0.307 e. The van der Waals surface area contributed by atoms with E-state index >= 15 is 0 Å². The van der Waals surface area contributed by atoms with Gasteiger partial charge < -0.3 is 5.32 Å². The Morgan fingerprint density at radius 1 is 1.41 bits per heavy atom. The molecule has 0 heterocycles. The van der Waals surface area contributed by atoms with Crippen LogP contribution >= 0.6 is 11.6 Å². The third kappa shape index (κ3) is 4.29. The van der Waals surface area contributed by atoms with Crippen molar-refractivity contribution in [1.29, 1.82) is 0 Å². The maximum atomic E-state index is 13.1. The van der Waals surface area contributed by atoms with Crippen molar-refractivity contribution in [3.63, 3.8) is 0 Å². The van der Waals surface area contributed by atoms with E-state index in [2.05, 4.69) is 19.2 Å². The molecule has 0 fully saturated rings. The molecule has 0 saturated heterocycles. The predicted molar refractivity (Wildman–Crippen MR) is 72.0 cm³/mol. The standard InChI is InChI=1S/C14H21ClFN/c1-4-14(3,7-8-15)17-10-12-9-13(16)6-5-11(12)2/h5-6,9,17H,4,7-8,10H2,1-3H3. The van der Waals surface area contributed by atoms with Crippen LogP contribution in [0.2, 0.25) is 0 Å². The maximum absolute atomic E-state index is 13.1. The summed E-state index contributed by atoms with van der Waals surface area (Å²) in [4.78, 5) is 0. The van der Waals surface area contributed by atoms with Crippen molar-refractivity contribution in [1.82, 2.24) is 5.32 Å². The van der Waals surface area contributed by atoms with Crippen LogP contribution in [0.25, 0.3) is 0 Å². The van der Waals surface area contributed by atoms with Crippen molar-refractivity contribution in [2.75, 3.05) is 5.88 Å². The van der Waals surface area contributed by atoms with Crippen LogP contribution in [0, 0.1) is 12.7 Å². The van der Waals surface area contributed by atoms with Crippen LogP contribution in [0.4, 0.5) is 4.39 Å². The van der Waals surface area contributed by atoms with E-state index in [4.69, 9.17) is 11.6 Å². The topological polar surface area (TPSA) is 12.0 Å². The summed E-state index contributed by atoms with van der Waals surface area (Å²) in [6.07, 6.45) is 1.92. The van der Waals surface area contributed by atoms with Crippen molar-refractivity contribution >= 4 is 11.6 Å². The first-order valence-corrected chi connectivity index (χ1v) is 6.60. The molecule has 3 heteroatoms. The van der Waals surface area contributed by atoms with Crippen LogP contribution in [-0.2, 0) is 6.54 Å². The number of nitrogens with one attached hydrogen (secondary N) is 1. The number of rotatable bonds is 6. The average molecular weight is 258 g/mol. The zero-order chi connectivity index (χ0) is 12.9. The van der Waals surface area contributed by atoms with Gasteiger partial charge in [0.1, 0.15) is 5.82 Å². The molecule has 0 radical (unpaired) electrons. The van der Waals surface area contributed by atoms with Crippen LogP contribution < -0.4 is 5.32 Å². The van der Waals surface area contributed by atoms with Crippen molar-refractivity contribution in [3.05, 3.63) is 35.1 Å². The molecule has 0 spiro atoms. The van der Waals surface area contributed by atoms with Gasteiger partial charge in [0.2, 0.25) is 0 Å². The Morgan fingerprint density at radius 2 is 2.12 bits per heavy atom. The number of aryl methyl sites for hydroxylation is 1. The molecule has 0 aromatic heterocycles. The van der Waals surface area contributed by atoms with Gasteiger partial charge in [0.05, 0.1) is 0 Å². The van der Waals surface area contributed by atoms with E-state index in [9.17, 15) is 4.39 Å². The van der Waals surface area contributed by atoms with E-state index in [1.54, 1.807) is 6.07 Å². The smallest absolute Gasteiger partial charge is 0.123 e. The zero-order valence-electron chi connectivity index (χ0n) is 10.8. The van der Waals surface area contributed by atoms with Crippen LogP contribution in [-0.4, -0.2) is 11.4 Å². The monoisotopic (exact) mass is 257 g/mol. The van der Waals surface area contributed by atoms with Gasteiger partial charge in [0.15, 0.2) is 0 Å². The number of benzene rings is 1. The molecule has 0 aliphatic rings. The van der Waals surface area contributed by atoms with E-state index in [-0.39, 0.29) is 11.4 Å². The number of alkyl halides is 1. The third-order valence-corrected chi connectivity index (χ3v) is 3.63. The summed E-state index contributed by atoms with van der Waals surface area (Å²) < 4.78 is 13.1. The molecule has 0 bridgehead atoms. The second kappa shape index (κ2) is 6.36. The second-order valence-corrected chi connectivity index (χ2v) is 5.16. The highest BCUT2D eigenvalue weighted by Gasteiger charge is 2.20. The van der Waals surface area contributed by atoms with Crippen LogP contribution in [0.1, 0.15) is 37.8 Å². The van der Waals surface area contributed by atoms with Gasteiger partial charge in [0.25, 0.3) is 0 Å².